The Hall–Kier alpha value is -4.29. The molecular formula is C48H68N4O8Si. The molecule has 3 aromatic carbocycles. The molecule has 3 aliphatic heterocycles. The molecule has 6 atom stereocenters. The highest BCUT2D eigenvalue weighted by Crippen LogP contribution is 2.54. The molecule has 12 nitrogen and oxygen atoms in total. The quantitative estimate of drug-likeness (QED) is 0.101. The molecule has 0 bridgehead atoms. The van der Waals surface area contributed by atoms with Crippen molar-refractivity contribution >= 4 is 14.4 Å². The Morgan fingerprint density at radius 3 is 2.02 bits per heavy atom. The lowest BCUT2D eigenvalue weighted by molar-refractivity contribution is -0.0599. The second-order valence-corrected chi connectivity index (χ2v) is 22.6. The van der Waals surface area contributed by atoms with Crippen LogP contribution in [-0.2, 0) is 22.0 Å². The number of rotatable bonds is 15. The molecule has 0 aliphatic carbocycles. The molecule has 0 spiro atoms. The van der Waals surface area contributed by atoms with Crippen LogP contribution in [0.2, 0.25) is 17.6 Å². The average Bonchev–Trinajstić information content (AvgIpc) is 3.24. The van der Waals surface area contributed by atoms with E-state index in [9.17, 15) is 10.2 Å². The van der Waals surface area contributed by atoms with Gasteiger partial charge in [0.25, 0.3) is 6.17 Å². The molecule has 3 N–H and O–H groups in total. The molecule has 0 saturated carbocycles. The number of hydrogen-bond acceptors (Lipinski definition) is 11. The maximum atomic E-state index is 12.3. The normalized spacial score (nSPS) is 22.8. The van der Waals surface area contributed by atoms with Crippen molar-refractivity contribution < 1.29 is 38.3 Å². The van der Waals surface area contributed by atoms with Gasteiger partial charge in [0, 0.05) is 65.5 Å². The van der Waals surface area contributed by atoms with E-state index in [-0.39, 0.29) is 29.7 Å². The molecule has 332 valence electrons. The standard InChI is InChI=1S/C48H68N4O8Si/c1-28(2)61(13,29(3)4)60-23-21-33-27-52(22-24-59-33)48(49-7)38-26-35-40(43(54)47(58-12)31(6)45(35)56-10)41(51(38)8)37-25-34-39(42(53)46(57-11)30(5)44(34)55-9)36(50-37)20-19-32-17-15-14-16-18-32/h14-20,28-29,33,36-38,41,48,50,53-54H,21-27H2,1-6,8-13H3/b20-19+. The van der Waals surface area contributed by atoms with Crippen LogP contribution in [0.3, 0.4) is 0 Å². The maximum Gasteiger partial charge on any atom is 0.295 e. The lowest BCUT2D eigenvalue weighted by atomic mass is 9.77. The van der Waals surface area contributed by atoms with Crippen molar-refractivity contribution in [2.45, 2.75) is 115 Å². The van der Waals surface area contributed by atoms with Gasteiger partial charge < -0.3 is 43.6 Å². The second-order valence-electron chi connectivity index (χ2n) is 17.6. The van der Waals surface area contributed by atoms with E-state index in [1.807, 2.05) is 50.3 Å². The topological polar surface area (TPSA) is 119 Å². The van der Waals surface area contributed by atoms with Crippen LogP contribution in [0.25, 0.3) is 10.9 Å². The van der Waals surface area contributed by atoms with Crippen LogP contribution >= 0.6 is 0 Å². The molecule has 0 radical (unpaired) electrons. The average molecular weight is 857 g/mol. The molecule has 0 amide bonds. The van der Waals surface area contributed by atoms with Gasteiger partial charge in [-0.15, -0.1) is 0 Å². The molecule has 13 heteroatoms. The van der Waals surface area contributed by atoms with Gasteiger partial charge in [0.1, 0.15) is 17.5 Å². The maximum absolute atomic E-state index is 12.3. The van der Waals surface area contributed by atoms with Gasteiger partial charge in [-0.2, -0.15) is 0 Å². The number of phenols is 2. The van der Waals surface area contributed by atoms with Crippen LogP contribution in [-0.4, -0.2) is 114 Å². The third-order valence-corrected chi connectivity index (χ3v) is 19.4. The fourth-order valence-corrected chi connectivity index (χ4v) is 12.7. The minimum atomic E-state index is -1.92. The SMILES string of the molecule is [C-]#[N+]C(C1Cc2c(OC)c(C)c(OC)c(O)c2C(C2Cc3c(OC)c(C)c(OC)c(O)c3C(/C=C/c3ccccc3)N2)N1C)N1CCOC(CCO[Si](C)(C(C)C)C(C)C)C1. The summed E-state index contributed by atoms with van der Waals surface area (Å²) in [5.74, 6) is 2.11. The molecule has 0 aromatic heterocycles. The first-order valence-electron chi connectivity index (χ1n) is 21.7. The number of ether oxygens (including phenoxy) is 5. The Morgan fingerprint density at radius 1 is 0.885 bits per heavy atom. The van der Waals surface area contributed by atoms with E-state index < -0.39 is 26.6 Å². The number of morpholine rings is 1. The van der Waals surface area contributed by atoms with Crippen LogP contribution in [0.5, 0.6) is 34.5 Å². The highest BCUT2D eigenvalue weighted by molar-refractivity contribution is 6.75. The number of fused-ring (bicyclic) bond motifs is 2. The van der Waals surface area contributed by atoms with E-state index in [1.165, 1.54) is 0 Å². The molecule has 61 heavy (non-hydrogen) atoms. The summed E-state index contributed by atoms with van der Waals surface area (Å²) in [5.41, 5.74) is 6.49. The number of aromatic hydroxyl groups is 2. The molecule has 6 rings (SSSR count). The van der Waals surface area contributed by atoms with Crippen molar-refractivity contribution in [2.75, 3.05) is 61.8 Å². The first-order chi connectivity index (χ1) is 29.2. The highest BCUT2D eigenvalue weighted by atomic mass is 28.4. The number of hydrogen-bond donors (Lipinski definition) is 3. The Kier molecular flexibility index (Phi) is 14.7. The van der Waals surface area contributed by atoms with Gasteiger partial charge in [-0.25, -0.2) is 11.5 Å². The van der Waals surface area contributed by atoms with Crippen LogP contribution in [0.1, 0.15) is 85.1 Å². The summed E-state index contributed by atoms with van der Waals surface area (Å²) in [6, 6.07) is 8.43. The minimum Gasteiger partial charge on any atom is -0.504 e. The van der Waals surface area contributed by atoms with Gasteiger partial charge in [0.05, 0.1) is 53.2 Å². The fraction of sp³-hybridized carbons (Fsp3) is 0.562. The van der Waals surface area contributed by atoms with Crippen molar-refractivity contribution in [1.29, 1.82) is 0 Å². The number of benzene rings is 3. The lowest BCUT2D eigenvalue weighted by Gasteiger charge is -2.49. The Morgan fingerprint density at radius 2 is 1.46 bits per heavy atom. The summed E-state index contributed by atoms with van der Waals surface area (Å²) in [6.07, 6.45) is 5.17. The van der Waals surface area contributed by atoms with Crippen molar-refractivity contribution in [2.24, 2.45) is 0 Å². The fourth-order valence-electron chi connectivity index (χ4n) is 10.2. The van der Waals surface area contributed by atoms with E-state index in [2.05, 4.69) is 67.3 Å². The molecule has 6 unspecified atom stereocenters. The molecule has 3 aliphatic rings. The van der Waals surface area contributed by atoms with Gasteiger partial charge in [-0.05, 0) is 56.9 Å². The van der Waals surface area contributed by atoms with E-state index in [4.69, 9.17) is 34.7 Å². The van der Waals surface area contributed by atoms with Gasteiger partial charge >= 0.3 is 0 Å². The minimum absolute atomic E-state index is 0.0555. The first-order valence-corrected chi connectivity index (χ1v) is 24.2. The Bertz CT molecular complexity index is 2080. The second kappa shape index (κ2) is 19.4. The van der Waals surface area contributed by atoms with E-state index in [0.29, 0.717) is 95.5 Å². The van der Waals surface area contributed by atoms with Crippen molar-refractivity contribution in [3.63, 3.8) is 0 Å². The lowest BCUT2D eigenvalue weighted by Crippen LogP contribution is -2.60. The third kappa shape index (κ3) is 8.72. The van der Waals surface area contributed by atoms with Gasteiger partial charge in [-0.1, -0.05) is 70.2 Å². The summed E-state index contributed by atoms with van der Waals surface area (Å²) < 4.78 is 36.9. The van der Waals surface area contributed by atoms with Crippen LogP contribution in [0, 0.1) is 20.4 Å². The van der Waals surface area contributed by atoms with Gasteiger partial charge in [0.15, 0.2) is 31.3 Å². The van der Waals surface area contributed by atoms with E-state index in [0.717, 1.165) is 23.1 Å². The summed E-state index contributed by atoms with van der Waals surface area (Å²) in [4.78, 5) is 8.92. The van der Waals surface area contributed by atoms with Crippen molar-refractivity contribution in [3.8, 4) is 34.5 Å². The summed E-state index contributed by atoms with van der Waals surface area (Å²) in [6.45, 7) is 26.4. The van der Waals surface area contributed by atoms with Gasteiger partial charge in [-0.3, -0.25) is 9.74 Å². The largest absolute Gasteiger partial charge is 0.504 e. The molecule has 1 saturated heterocycles. The monoisotopic (exact) mass is 856 g/mol. The Balaban J connectivity index is 1.43. The highest BCUT2D eigenvalue weighted by Gasteiger charge is 2.50. The van der Waals surface area contributed by atoms with Crippen LogP contribution < -0.4 is 24.3 Å². The summed E-state index contributed by atoms with van der Waals surface area (Å²) >= 11 is 0. The molecule has 3 aromatic rings. The molecule has 3 heterocycles. The predicted octanol–water partition coefficient (Wildman–Crippen LogP) is 8.36. The predicted molar refractivity (Wildman–Crippen MR) is 243 cm³/mol. The molecule has 1 fully saturated rings. The smallest absolute Gasteiger partial charge is 0.295 e. The van der Waals surface area contributed by atoms with Crippen molar-refractivity contribution in [1.82, 2.24) is 15.1 Å². The number of nitrogens with zero attached hydrogens (tertiary/aromatic N) is 3. The third-order valence-electron chi connectivity index (χ3n) is 13.9. The number of nitrogens with one attached hydrogen (secondary N) is 1. The summed E-state index contributed by atoms with van der Waals surface area (Å²) in [7, 11) is 6.54. The van der Waals surface area contributed by atoms with Crippen LogP contribution in [0.4, 0.5) is 0 Å². The van der Waals surface area contributed by atoms with Crippen molar-refractivity contribution in [3.05, 3.63) is 86.8 Å². The van der Waals surface area contributed by atoms with E-state index in [1.54, 1.807) is 28.4 Å². The zero-order valence-corrected chi connectivity index (χ0v) is 39.3. The van der Waals surface area contributed by atoms with E-state index >= 15 is 0 Å². The first kappa shape index (κ1) is 46.2. The summed E-state index contributed by atoms with van der Waals surface area (Å²) in [5, 5.41) is 28.1. The van der Waals surface area contributed by atoms with Gasteiger partial charge in [0.2, 0.25) is 0 Å². The zero-order valence-electron chi connectivity index (χ0n) is 38.3. The molecular weight excluding hydrogens is 789 g/mol. The number of phenolic OH excluding ortho intramolecular Hbond substituents is 2. The van der Waals surface area contributed by atoms with Crippen LogP contribution in [0.15, 0.2) is 36.4 Å². The number of likely N-dealkylation sites (N-methyl/N-ethyl adjacent to an activating group) is 1. The number of methoxy groups -OCH3 is 4. The zero-order chi connectivity index (χ0) is 44.3. The Labute approximate surface area is 364 Å².